The van der Waals surface area contributed by atoms with Crippen molar-refractivity contribution in [3.8, 4) is 0 Å². The minimum Gasteiger partial charge on any atom is -0.466 e. The molecule has 0 radical (unpaired) electrons. The topological polar surface area (TPSA) is 61.8 Å². The lowest BCUT2D eigenvalue weighted by atomic mass is 9.77. The molecule has 1 aromatic carbocycles. The largest absolute Gasteiger partial charge is 0.466 e. The van der Waals surface area contributed by atoms with Crippen LogP contribution in [0.5, 0.6) is 0 Å². The Bertz CT molecular complexity index is 664. The molecule has 1 aliphatic rings. The van der Waals surface area contributed by atoms with Crippen LogP contribution in [0.3, 0.4) is 0 Å². The van der Waals surface area contributed by atoms with E-state index in [2.05, 4.69) is 13.8 Å². The molecule has 0 spiro atoms. The van der Waals surface area contributed by atoms with Crippen molar-refractivity contribution < 1.29 is 23.8 Å². The third-order valence-electron chi connectivity index (χ3n) is 5.68. The maximum Gasteiger partial charge on any atom is 0.349 e. The Morgan fingerprint density at radius 2 is 1.93 bits per heavy atom. The summed E-state index contributed by atoms with van der Waals surface area (Å²) in [6.07, 6.45) is 0.767. The lowest BCUT2D eigenvalue weighted by Gasteiger charge is -2.47. The number of benzene rings is 1. The van der Waals surface area contributed by atoms with Gasteiger partial charge in [0.15, 0.2) is 0 Å². The summed E-state index contributed by atoms with van der Waals surface area (Å²) in [4.78, 5) is 24.2. The van der Waals surface area contributed by atoms with Crippen molar-refractivity contribution in [2.45, 2.75) is 69.5 Å². The number of rotatable bonds is 7. The highest BCUT2D eigenvalue weighted by Crippen LogP contribution is 2.49. The molecule has 0 saturated carbocycles. The average molecular weight is 409 g/mol. The van der Waals surface area contributed by atoms with Crippen molar-refractivity contribution in [1.82, 2.24) is 0 Å². The van der Waals surface area contributed by atoms with E-state index < -0.39 is 4.93 Å². The molecule has 6 heteroatoms. The molecule has 5 nitrogen and oxygen atoms in total. The van der Waals surface area contributed by atoms with Gasteiger partial charge in [-0.15, -0.1) is 0 Å². The van der Waals surface area contributed by atoms with Crippen LogP contribution in [-0.4, -0.2) is 36.2 Å². The molecular formula is C22H32O5S. The first kappa shape index (κ1) is 22.8. The van der Waals surface area contributed by atoms with Gasteiger partial charge in [0.2, 0.25) is 4.93 Å². The molecule has 2 rings (SSSR count). The van der Waals surface area contributed by atoms with Crippen LogP contribution in [0.15, 0.2) is 35.2 Å². The normalized spacial score (nSPS) is 29.6. The van der Waals surface area contributed by atoms with Crippen molar-refractivity contribution in [3.05, 3.63) is 30.3 Å². The van der Waals surface area contributed by atoms with Crippen molar-refractivity contribution in [1.29, 1.82) is 0 Å². The fourth-order valence-electron chi connectivity index (χ4n) is 3.96. The highest BCUT2D eigenvalue weighted by molar-refractivity contribution is 8.01. The van der Waals surface area contributed by atoms with E-state index in [1.54, 1.807) is 0 Å². The zero-order valence-electron chi connectivity index (χ0n) is 17.6. The molecule has 0 N–H and O–H groups in total. The van der Waals surface area contributed by atoms with Gasteiger partial charge in [0, 0.05) is 24.2 Å². The van der Waals surface area contributed by atoms with E-state index in [1.807, 2.05) is 44.2 Å². The molecule has 1 heterocycles. The molecular weight excluding hydrogens is 376 g/mol. The molecule has 0 aliphatic carbocycles. The molecule has 0 bridgehead atoms. The number of esters is 2. The number of thioether (sulfide) groups is 1. The van der Waals surface area contributed by atoms with Gasteiger partial charge < -0.3 is 14.2 Å². The Morgan fingerprint density at radius 1 is 1.29 bits per heavy atom. The highest BCUT2D eigenvalue weighted by Gasteiger charge is 2.53. The summed E-state index contributed by atoms with van der Waals surface area (Å²) in [6.45, 7) is 9.73. The number of ether oxygens (including phenoxy) is 3. The summed E-state index contributed by atoms with van der Waals surface area (Å²) in [5, 5.41) is 0. The molecule has 156 valence electrons. The fraction of sp³-hybridized carbons (Fsp3) is 0.636. The number of hydrogen-bond donors (Lipinski definition) is 0. The molecule has 6 atom stereocenters. The van der Waals surface area contributed by atoms with Crippen molar-refractivity contribution >= 4 is 23.7 Å². The van der Waals surface area contributed by atoms with Crippen LogP contribution in [0.25, 0.3) is 0 Å². The second-order valence-corrected chi connectivity index (χ2v) is 9.03. The summed E-state index contributed by atoms with van der Waals surface area (Å²) >= 11 is 1.40. The molecule has 1 aromatic rings. The second-order valence-electron chi connectivity index (χ2n) is 7.70. The predicted octanol–water partition coefficient (Wildman–Crippen LogP) is 4.69. The molecule has 1 saturated heterocycles. The molecule has 0 aromatic heterocycles. The van der Waals surface area contributed by atoms with Crippen molar-refractivity contribution in [3.63, 3.8) is 0 Å². The van der Waals surface area contributed by atoms with Gasteiger partial charge in [-0.25, -0.2) is 4.79 Å². The smallest absolute Gasteiger partial charge is 0.349 e. The van der Waals surface area contributed by atoms with Crippen LogP contribution in [0.4, 0.5) is 0 Å². The van der Waals surface area contributed by atoms with E-state index >= 15 is 0 Å². The lowest BCUT2D eigenvalue weighted by molar-refractivity contribution is -0.194. The summed E-state index contributed by atoms with van der Waals surface area (Å²) < 4.78 is 17.2. The molecule has 1 aliphatic heterocycles. The van der Waals surface area contributed by atoms with Crippen LogP contribution in [0, 0.1) is 17.8 Å². The van der Waals surface area contributed by atoms with E-state index in [0.29, 0.717) is 12.8 Å². The number of hydrogen-bond acceptors (Lipinski definition) is 6. The minimum absolute atomic E-state index is 0.0490. The Hall–Kier alpha value is -1.53. The second kappa shape index (κ2) is 9.79. The average Bonchev–Trinajstić information content (AvgIpc) is 2.68. The molecule has 1 fully saturated rings. The Kier molecular flexibility index (Phi) is 7.96. The van der Waals surface area contributed by atoms with Crippen LogP contribution in [0.2, 0.25) is 0 Å². The highest BCUT2D eigenvalue weighted by atomic mass is 32.2. The van der Waals surface area contributed by atoms with Gasteiger partial charge >= 0.3 is 11.9 Å². The van der Waals surface area contributed by atoms with Gasteiger partial charge in [-0.05, 0) is 30.4 Å². The standard InChI is InChI=1S/C22H32O5S/c1-7-19(26-17(5)23)16(4)20-15(3)14(2)13-22(27-20,21(24)25-6)28-18-11-9-8-10-12-18/h8-12,14-16,19-20H,7,13H2,1-6H3/t14?,15?,16-,19-,20?,22?/m1/s1. The Morgan fingerprint density at radius 3 is 2.46 bits per heavy atom. The van der Waals surface area contributed by atoms with E-state index in [1.165, 1.54) is 25.8 Å². The van der Waals surface area contributed by atoms with Gasteiger partial charge in [0.05, 0.1) is 13.2 Å². The maximum absolute atomic E-state index is 12.9. The number of carbonyl (C=O) groups excluding carboxylic acids is 2. The zero-order chi connectivity index (χ0) is 20.9. The van der Waals surface area contributed by atoms with Crippen LogP contribution >= 0.6 is 11.8 Å². The Labute approximate surface area is 172 Å². The van der Waals surface area contributed by atoms with Gasteiger partial charge in [-0.3, -0.25) is 4.79 Å². The van der Waals surface area contributed by atoms with Crippen molar-refractivity contribution in [2.75, 3.05) is 7.11 Å². The monoisotopic (exact) mass is 408 g/mol. The predicted molar refractivity (Wildman–Crippen MR) is 110 cm³/mol. The van der Waals surface area contributed by atoms with Crippen molar-refractivity contribution in [2.24, 2.45) is 17.8 Å². The van der Waals surface area contributed by atoms with Crippen LogP contribution < -0.4 is 0 Å². The first-order valence-electron chi connectivity index (χ1n) is 9.91. The third-order valence-corrected chi connectivity index (χ3v) is 6.95. The van der Waals surface area contributed by atoms with E-state index in [9.17, 15) is 9.59 Å². The SMILES string of the molecule is CC[C@@H](OC(C)=O)[C@@H](C)C1OC(Sc2ccccc2)(C(=O)OC)CC(C)C1C. The molecule has 28 heavy (non-hydrogen) atoms. The summed E-state index contributed by atoms with van der Waals surface area (Å²) in [6, 6.07) is 9.75. The summed E-state index contributed by atoms with van der Waals surface area (Å²) in [5.74, 6) is -0.266. The van der Waals surface area contributed by atoms with Crippen LogP contribution in [-0.2, 0) is 23.8 Å². The Balaban J connectivity index is 2.36. The number of carbonyl (C=O) groups is 2. The van der Waals surface area contributed by atoms with Crippen LogP contribution in [0.1, 0.15) is 47.5 Å². The fourth-order valence-corrected chi connectivity index (χ4v) is 5.30. The van der Waals surface area contributed by atoms with E-state index in [0.717, 1.165) is 4.90 Å². The number of methoxy groups -OCH3 is 1. The van der Waals surface area contributed by atoms with Gasteiger partial charge in [-0.1, -0.05) is 57.7 Å². The molecule has 4 unspecified atom stereocenters. The summed E-state index contributed by atoms with van der Waals surface area (Å²) in [5.41, 5.74) is 0. The molecule has 0 amide bonds. The third kappa shape index (κ3) is 5.09. The maximum atomic E-state index is 12.9. The minimum atomic E-state index is -1.12. The van der Waals surface area contributed by atoms with Gasteiger partial charge in [-0.2, -0.15) is 0 Å². The summed E-state index contributed by atoms with van der Waals surface area (Å²) in [7, 11) is 1.40. The van der Waals surface area contributed by atoms with Gasteiger partial charge in [0.1, 0.15) is 6.10 Å². The lowest BCUT2D eigenvalue weighted by Crippen LogP contribution is -2.54. The van der Waals surface area contributed by atoms with E-state index in [-0.39, 0.29) is 41.9 Å². The zero-order valence-corrected chi connectivity index (χ0v) is 18.5. The van der Waals surface area contributed by atoms with Gasteiger partial charge in [0.25, 0.3) is 0 Å². The van der Waals surface area contributed by atoms with E-state index in [4.69, 9.17) is 14.2 Å². The first-order valence-corrected chi connectivity index (χ1v) is 10.7. The first-order chi connectivity index (χ1) is 13.2. The quantitative estimate of drug-likeness (QED) is 0.610.